The van der Waals surface area contributed by atoms with Gasteiger partial charge in [-0.05, 0) is 56.1 Å². The van der Waals surface area contributed by atoms with Gasteiger partial charge in [-0.2, -0.15) is 0 Å². The predicted molar refractivity (Wildman–Crippen MR) is 117 cm³/mol. The molecule has 0 atom stereocenters. The number of primary amides is 1. The van der Waals surface area contributed by atoms with Gasteiger partial charge in [-0.3, -0.25) is 14.9 Å². The number of nitrogens with one attached hydrogen (secondary N) is 2. The van der Waals surface area contributed by atoms with Gasteiger partial charge in [-0.1, -0.05) is 26.0 Å². The Morgan fingerprint density at radius 1 is 1.25 bits per heavy atom. The van der Waals surface area contributed by atoms with Crippen LogP contribution in [0.4, 0.5) is 5.00 Å². The highest BCUT2D eigenvalue weighted by atomic mass is 32.1. The SMILES string of the molecule is Cc1sc(NC(=S)NC(=O)c2ccccc2OCCC(C)C)c(C(N)=O)c1C. The lowest BCUT2D eigenvalue weighted by Gasteiger charge is -2.13. The fourth-order valence-electron chi connectivity index (χ4n) is 2.50. The number of hydrogen-bond acceptors (Lipinski definition) is 5. The highest BCUT2D eigenvalue weighted by Crippen LogP contribution is 2.32. The molecule has 2 rings (SSSR count). The van der Waals surface area contributed by atoms with Gasteiger partial charge in [0.25, 0.3) is 11.8 Å². The van der Waals surface area contributed by atoms with Gasteiger partial charge in [-0.25, -0.2) is 0 Å². The summed E-state index contributed by atoms with van der Waals surface area (Å²) < 4.78 is 5.75. The van der Waals surface area contributed by atoms with Crippen molar-refractivity contribution in [2.45, 2.75) is 34.1 Å². The van der Waals surface area contributed by atoms with Crippen LogP contribution in [0.1, 0.15) is 51.4 Å². The fraction of sp³-hybridized carbons (Fsp3) is 0.350. The first-order valence-electron chi connectivity index (χ1n) is 8.94. The average molecular weight is 420 g/mol. The molecule has 0 saturated heterocycles. The van der Waals surface area contributed by atoms with Gasteiger partial charge >= 0.3 is 0 Å². The number of carbonyl (C=O) groups is 2. The molecule has 0 aliphatic heterocycles. The molecule has 1 aromatic heterocycles. The van der Waals surface area contributed by atoms with E-state index in [1.165, 1.54) is 11.3 Å². The van der Waals surface area contributed by atoms with Crippen LogP contribution in [0, 0.1) is 19.8 Å². The predicted octanol–water partition coefficient (Wildman–Crippen LogP) is 4.02. The zero-order valence-electron chi connectivity index (χ0n) is 16.4. The molecular weight excluding hydrogens is 394 g/mol. The van der Waals surface area contributed by atoms with Crippen molar-refractivity contribution in [3.8, 4) is 5.75 Å². The second-order valence-corrected chi connectivity index (χ2v) is 8.42. The third-order valence-electron chi connectivity index (χ3n) is 4.17. The summed E-state index contributed by atoms with van der Waals surface area (Å²) in [5.74, 6) is 0.0876. The first-order valence-corrected chi connectivity index (χ1v) is 10.2. The standard InChI is InChI=1S/C20H25N3O3S2/c1-11(2)9-10-26-15-8-6-5-7-14(15)18(25)22-20(27)23-19-16(17(21)24)12(3)13(4)28-19/h5-8,11H,9-10H2,1-4H3,(H2,21,24)(H2,22,23,25,27). The summed E-state index contributed by atoms with van der Waals surface area (Å²) in [7, 11) is 0. The Morgan fingerprint density at radius 3 is 2.57 bits per heavy atom. The van der Waals surface area contributed by atoms with Crippen molar-refractivity contribution in [2.75, 3.05) is 11.9 Å². The van der Waals surface area contributed by atoms with Crippen LogP contribution >= 0.6 is 23.6 Å². The number of benzene rings is 1. The van der Waals surface area contributed by atoms with E-state index < -0.39 is 5.91 Å². The van der Waals surface area contributed by atoms with Gasteiger partial charge in [0.05, 0.1) is 17.7 Å². The number of ether oxygens (including phenoxy) is 1. The second kappa shape index (κ2) is 9.66. The maximum absolute atomic E-state index is 12.6. The number of rotatable bonds is 7. The summed E-state index contributed by atoms with van der Waals surface area (Å²) in [5.41, 5.74) is 7.05. The molecule has 0 radical (unpaired) electrons. The van der Waals surface area contributed by atoms with Crippen LogP contribution in [0.25, 0.3) is 0 Å². The topological polar surface area (TPSA) is 93.4 Å². The van der Waals surface area contributed by atoms with E-state index in [1.54, 1.807) is 18.2 Å². The fourth-order valence-corrected chi connectivity index (χ4v) is 3.83. The van der Waals surface area contributed by atoms with E-state index in [1.807, 2.05) is 19.9 Å². The van der Waals surface area contributed by atoms with Crippen molar-refractivity contribution < 1.29 is 14.3 Å². The van der Waals surface area contributed by atoms with Crippen LogP contribution in [0.2, 0.25) is 0 Å². The molecule has 8 heteroatoms. The van der Waals surface area contributed by atoms with Crippen LogP contribution in [-0.4, -0.2) is 23.5 Å². The summed E-state index contributed by atoms with van der Waals surface area (Å²) in [6, 6.07) is 7.01. The van der Waals surface area contributed by atoms with Crippen LogP contribution in [-0.2, 0) is 0 Å². The number of nitrogens with two attached hydrogens (primary N) is 1. The van der Waals surface area contributed by atoms with Crippen molar-refractivity contribution in [1.82, 2.24) is 5.32 Å². The Morgan fingerprint density at radius 2 is 1.93 bits per heavy atom. The van der Waals surface area contributed by atoms with E-state index >= 15 is 0 Å². The molecule has 0 saturated carbocycles. The highest BCUT2D eigenvalue weighted by Gasteiger charge is 2.19. The zero-order valence-corrected chi connectivity index (χ0v) is 18.1. The molecule has 0 aliphatic carbocycles. The number of carbonyl (C=O) groups excluding carboxylic acids is 2. The molecule has 2 aromatic rings. The van der Waals surface area contributed by atoms with E-state index in [2.05, 4.69) is 24.5 Å². The van der Waals surface area contributed by atoms with Crippen LogP contribution in [0.15, 0.2) is 24.3 Å². The molecule has 0 fully saturated rings. The van der Waals surface area contributed by atoms with Crippen molar-refractivity contribution >= 4 is 45.5 Å². The summed E-state index contributed by atoms with van der Waals surface area (Å²) in [4.78, 5) is 25.3. The van der Waals surface area contributed by atoms with Crippen molar-refractivity contribution in [1.29, 1.82) is 0 Å². The third kappa shape index (κ3) is 5.53. The Kier molecular flexibility index (Phi) is 7.53. The van der Waals surface area contributed by atoms with E-state index in [0.717, 1.165) is 16.9 Å². The van der Waals surface area contributed by atoms with Gasteiger partial charge in [0.1, 0.15) is 10.8 Å². The lowest BCUT2D eigenvalue weighted by Crippen LogP contribution is -2.34. The number of amides is 2. The van der Waals surface area contributed by atoms with Gasteiger partial charge < -0.3 is 15.8 Å². The minimum absolute atomic E-state index is 0.0886. The summed E-state index contributed by atoms with van der Waals surface area (Å²) in [6.45, 7) is 8.47. The van der Waals surface area contributed by atoms with Crippen molar-refractivity contribution in [3.63, 3.8) is 0 Å². The van der Waals surface area contributed by atoms with Crippen molar-refractivity contribution in [3.05, 3.63) is 45.8 Å². The summed E-state index contributed by atoms with van der Waals surface area (Å²) in [6.07, 6.45) is 0.892. The summed E-state index contributed by atoms with van der Waals surface area (Å²) in [5, 5.41) is 6.15. The molecule has 4 N–H and O–H groups in total. The minimum atomic E-state index is -0.539. The summed E-state index contributed by atoms with van der Waals surface area (Å²) >= 11 is 6.61. The molecule has 1 aromatic carbocycles. The monoisotopic (exact) mass is 419 g/mol. The number of para-hydroxylation sites is 1. The number of thiocarbonyl (C=S) groups is 1. The van der Waals surface area contributed by atoms with E-state index in [0.29, 0.717) is 34.4 Å². The highest BCUT2D eigenvalue weighted by molar-refractivity contribution is 7.80. The van der Waals surface area contributed by atoms with Crippen LogP contribution in [0.3, 0.4) is 0 Å². The van der Waals surface area contributed by atoms with E-state index in [-0.39, 0.29) is 11.0 Å². The Bertz CT molecular complexity index is 891. The minimum Gasteiger partial charge on any atom is -0.493 e. The molecule has 6 nitrogen and oxygen atoms in total. The maximum atomic E-state index is 12.6. The van der Waals surface area contributed by atoms with Crippen molar-refractivity contribution in [2.24, 2.45) is 11.7 Å². The largest absolute Gasteiger partial charge is 0.493 e. The second-order valence-electron chi connectivity index (χ2n) is 6.79. The molecule has 0 aliphatic rings. The van der Waals surface area contributed by atoms with E-state index in [9.17, 15) is 9.59 Å². The lowest BCUT2D eigenvalue weighted by molar-refractivity contribution is 0.0971. The molecule has 1 heterocycles. The Labute approximate surface area is 174 Å². The van der Waals surface area contributed by atoms with Gasteiger partial charge in [0.2, 0.25) is 0 Å². The first-order chi connectivity index (χ1) is 13.2. The molecular formula is C20H25N3O3S2. The smallest absolute Gasteiger partial charge is 0.261 e. The third-order valence-corrected chi connectivity index (χ3v) is 5.50. The van der Waals surface area contributed by atoms with Gasteiger partial charge in [0, 0.05) is 4.88 Å². The van der Waals surface area contributed by atoms with Gasteiger partial charge in [-0.15, -0.1) is 11.3 Å². The molecule has 2 amide bonds. The molecule has 0 bridgehead atoms. The Hall–Kier alpha value is -2.45. The maximum Gasteiger partial charge on any atom is 0.261 e. The zero-order chi connectivity index (χ0) is 20.8. The molecule has 150 valence electrons. The normalized spacial score (nSPS) is 10.6. The Balaban J connectivity index is 2.09. The molecule has 0 unspecified atom stereocenters. The average Bonchev–Trinajstić information content (AvgIpc) is 2.88. The number of hydrogen-bond donors (Lipinski definition) is 3. The number of thiophene rings is 1. The first kappa shape index (κ1) is 21.8. The van der Waals surface area contributed by atoms with Gasteiger partial charge in [0.15, 0.2) is 5.11 Å². The lowest BCUT2D eigenvalue weighted by atomic mass is 10.1. The quantitative estimate of drug-likeness (QED) is 0.590. The molecule has 0 spiro atoms. The number of anilines is 1. The molecule has 28 heavy (non-hydrogen) atoms. The van der Waals surface area contributed by atoms with E-state index in [4.69, 9.17) is 22.7 Å². The number of aryl methyl sites for hydroxylation is 1. The van der Waals surface area contributed by atoms with Crippen LogP contribution < -0.4 is 21.1 Å². The van der Waals surface area contributed by atoms with Crippen LogP contribution in [0.5, 0.6) is 5.75 Å².